The Morgan fingerprint density at radius 3 is 2.45 bits per heavy atom. The van der Waals surface area contributed by atoms with Crippen LogP contribution in [0.3, 0.4) is 0 Å². The van der Waals surface area contributed by atoms with Gasteiger partial charge in [-0.15, -0.1) is 0 Å². The Morgan fingerprint density at radius 1 is 1.03 bits per heavy atom. The average Bonchev–Trinajstić information content (AvgIpc) is 3.26. The normalized spacial score (nSPS) is 25.5. The molecule has 31 heavy (non-hydrogen) atoms. The Hall–Kier alpha value is -2.84. The second kappa shape index (κ2) is 7.69. The van der Waals surface area contributed by atoms with E-state index in [9.17, 15) is 23.1 Å². The van der Waals surface area contributed by atoms with E-state index in [2.05, 4.69) is 15.6 Å². The van der Waals surface area contributed by atoms with E-state index in [-0.39, 0.29) is 35.1 Å². The van der Waals surface area contributed by atoms with Crippen LogP contribution in [0.15, 0.2) is 36.4 Å². The summed E-state index contributed by atoms with van der Waals surface area (Å²) >= 11 is 0. The molecule has 1 amide bonds. The molecular weight excluding hydrogens is 407 g/mol. The number of fused-ring (bicyclic) bond motifs is 1. The number of H-pyrrole nitrogens is 1. The van der Waals surface area contributed by atoms with Crippen molar-refractivity contribution in [2.45, 2.75) is 30.9 Å². The maximum atomic E-state index is 14.4. The van der Waals surface area contributed by atoms with Gasteiger partial charge in [-0.3, -0.25) is 4.79 Å². The van der Waals surface area contributed by atoms with Crippen molar-refractivity contribution in [3.05, 3.63) is 59.4 Å². The highest BCUT2D eigenvalue weighted by Gasteiger charge is 2.40. The molecule has 1 saturated carbocycles. The van der Waals surface area contributed by atoms with E-state index >= 15 is 0 Å². The number of aromatic nitrogens is 1. The van der Waals surface area contributed by atoms with E-state index in [1.54, 1.807) is 12.1 Å². The highest BCUT2D eigenvalue weighted by Crippen LogP contribution is 2.48. The van der Waals surface area contributed by atoms with E-state index in [1.807, 2.05) is 0 Å². The van der Waals surface area contributed by atoms with Gasteiger partial charge in [-0.1, -0.05) is 0 Å². The second-order valence-electron chi connectivity index (χ2n) is 8.44. The Bertz CT molecular complexity index is 1140. The van der Waals surface area contributed by atoms with Gasteiger partial charge in [0, 0.05) is 30.5 Å². The number of aliphatic hydroxyl groups is 1. The molecule has 2 heterocycles. The number of halogens is 3. The minimum atomic E-state index is -0.694. The fourth-order valence-electron chi connectivity index (χ4n) is 4.69. The van der Waals surface area contributed by atoms with E-state index in [0.29, 0.717) is 42.6 Å². The first-order valence-corrected chi connectivity index (χ1v) is 10.4. The monoisotopic (exact) mass is 429 g/mol. The van der Waals surface area contributed by atoms with E-state index < -0.39 is 17.7 Å². The zero-order valence-corrected chi connectivity index (χ0v) is 16.6. The summed E-state index contributed by atoms with van der Waals surface area (Å²) in [5.41, 5.74) is 2.22. The van der Waals surface area contributed by atoms with Crippen molar-refractivity contribution < 1.29 is 23.1 Å². The van der Waals surface area contributed by atoms with Crippen molar-refractivity contribution in [3.63, 3.8) is 0 Å². The molecule has 2 aliphatic rings. The van der Waals surface area contributed by atoms with Crippen LogP contribution in [0.4, 0.5) is 13.2 Å². The smallest absolute Gasteiger partial charge is 0.223 e. The highest BCUT2D eigenvalue weighted by atomic mass is 19.1. The summed E-state index contributed by atoms with van der Waals surface area (Å²) in [4.78, 5) is 15.6. The molecule has 3 aromatic rings. The number of amides is 1. The van der Waals surface area contributed by atoms with Crippen LogP contribution in [-0.2, 0) is 4.79 Å². The number of aliphatic hydroxyl groups excluding tert-OH is 1. The summed E-state index contributed by atoms with van der Waals surface area (Å²) in [6.45, 7) is 0.977. The number of carbonyl (C=O) groups excluding carboxylic acids is 1. The van der Waals surface area contributed by atoms with Crippen LogP contribution in [0.2, 0.25) is 0 Å². The summed E-state index contributed by atoms with van der Waals surface area (Å²) in [7, 11) is 0. The van der Waals surface area contributed by atoms with Gasteiger partial charge in [0.15, 0.2) is 0 Å². The Labute approximate surface area is 176 Å². The molecule has 0 bridgehead atoms. The molecule has 4 N–H and O–H groups in total. The van der Waals surface area contributed by atoms with Gasteiger partial charge in [-0.05, 0) is 60.2 Å². The molecule has 1 aliphatic heterocycles. The van der Waals surface area contributed by atoms with Gasteiger partial charge in [0.25, 0.3) is 0 Å². The van der Waals surface area contributed by atoms with Crippen LogP contribution in [0.25, 0.3) is 22.2 Å². The number of β-amino-alcohol motifs (C(OH)–C–C–N with tert-alkyl or cyclic N) is 1. The molecule has 1 aromatic heterocycles. The summed E-state index contributed by atoms with van der Waals surface area (Å²) in [5, 5.41) is 16.2. The van der Waals surface area contributed by atoms with Crippen LogP contribution >= 0.6 is 0 Å². The minimum Gasteiger partial charge on any atom is -0.390 e. The summed E-state index contributed by atoms with van der Waals surface area (Å²) in [5.74, 6) is -2.18. The third kappa shape index (κ3) is 3.59. The third-order valence-electron chi connectivity index (χ3n) is 6.42. The quantitative estimate of drug-likeness (QED) is 0.515. The molecule has 5 rings (SSSR count). The fraction of sp³-hybridized carbons (Fsp3) is 0.348. The Morgan fingerprint density at radius 2 is 1.77 bits per heavy atom. The first-order chi connectivity index (χ1) is 14.9. The predicted octanol–water partition coefficient (Wildman–Crippen LogP) is 3.19. The topological polar surface area (TPSA) is 77.2 Å². The first-order valence-electron chi connectivity index (χ1n) is 10.4. The molecule has 2 fully saturated rings. The van der Waals surface area contributed by atoms with Crippen molar-refractivity contribution in [2.24, 2.45) is 5.92 Å². The van der Waals surface area contributed by atoms with Crippen LogP contribution in [0.5, 0.6) is 0 Å². The number of aromatic amines is 1. The van der Waals surface area contributed by atoms with Crippen LogP contribution in [0.1, 0.15) is 24.3 Å². The molecule has 1 saturated heterocycles. The predicted molar refractivity (Wildman–Crippen MR) is 110 cm³/mol. The number of carbonyl (C=O) groups is 1. The molecule has 8 heteroatoms. The SMILES string of the molecule is O=C(N[C@H]1CNC[C@@H]1O)[C@H]1C[C@H](c2c(-c3ccc(F)cc3)[nH]c3c(F)cc(F)cc32)C1. The van der Waals surface area contributed by atoms with E-state index in [4.69, 9.17) is 0 Å². The number of benzene rings is 2. The molecule has 1 aliphatic carbocycles. The van der Waals surface area contributed by atoms with Crippen LogP contribution in [-0.4, -0.2) is 41.2 Å². The Balaban J connectivity index is 1.44. The van der Waals surface area contributed by atoms with Crippen molar-refractivity contribution in [2.75, 3.05) is 13.1 Å². The molecule has 162 valence electrons. The fourth-order valence-corrected chi connectivity index (χ4v) is 4.69. The summed E-state index contributed by atoms with van der Waals surface area (Å²) in [6, 6.07) is 7.64. The zero-order chi connectivity index (χ0) is 21.7. The second-order valence-corrected chi connectivity index (χ2v) is 8.44. The minimum absolute atomic E-state index is 0.0719. The van der Waals surface area contributed by atoms with Gasteiger partial charge in [0.05, 0.1) is 23.4 Å². The molecule has 5 nitrogen and oxygen atoms in total. The first kappa shape index (κ1) is 20.1. The standard InChI is InChI=1S/C23H22F3N3O2/c24-14-3-1-11(2-4-14)21-20(16-7-15(25)8-17(26)22(16)29-21)12-5-13(6-12)23(31)28-18-9-27-10-19(18)30/h1-4,7-8,12-13,18-19,27,29-30H,5-6,9-10H2,(H,28,31)/t12-,13-,18-,19-/m0/s1. The van der Waals surface area contributed by atoms with E-state index in [0.717, 1.165) is 11.6 Å². The highest BCUT2D eigenvalue weighted by molar-refractivity contribution is 5.92. The lowest BCUT2D eigenvalue weighted by Crippen LogP contribution is -2.47. The van der Waals surface area contributed by atoms with Crippen molar-refractivity contribution in [3.8, 4) is 11.3 Å². The van der Waals surface area contributed by atoms with Gasteiger partial charge < -0.3 is 20.7 Å². The summed E-state index contributed by atoms with van der Waals surface area (Å²) in [6.07, 6.45) is 0.451. The lowest BCUT2D eigenvalue weighted by atomic mass is 9.69. The average molecular weight is 429 g/mol. The van der Waals surface area contributed by atoms with Gasteiger partial charge in [-0.25, -0.2) is 13.2 Å². The molecule has 2 aromatic carbocycles. The number of nitrogens with one attached hydrogen (secondary N) is 3. The third-order valence-corrected chi connectivity index (χ3v) is 6.42. The van der Waals surface area contributed by atoms with Gasteiger partial charge >= 0.3 is 0 Å². The van der Waals surface area contributed by atoms with Crippen LogP contribution < -0.4 is 10.6 Å². The molecule has 0 radical (unpaired) electrons. The zero-order valence-electron chi connectivity index (χ0n) is 16.6. The lowest BCUT2D eigenvalue weighted by molar-refractivity contribution is -0.129. The van der Waals surface area contributed by atoms with Crippen molar-refractivity contribution in [1.82, 2.24) is 15.6 Å². The molecule has 0 unspecified atom stereocenters. The molecule has 0 spiro atoms. The molecular formula is C23H22F3N3O2. The number of hydrogen-bond acceptors (Lipinski definition) is 3. The van der Waals surface area contributed by atoms with Gasteiger partial charge in [0.1, 0.15) is 17.5 Å². The largest absolute Gasteiger partial charge is 0.390 e. The van der Waals surface area contributed by atoms with Crippen LogP contribution in [0, 0.1) is 23.4 Å². The maximum Gasteiger partial charge on any atom is 0.223 e. The van der Waals surface area contributed by atoms with Gasteiger partial charge in [-0.2, -0.15) is 0 Å². The van der Waals surface area contributed by atoms with Crippen molar-refractivity contribution >= 4 is 16.8 Å². The molecule has 2 atom stereocenters. The maximum absolute atomic E-state index is 14.4. The van der Waals surface area contributed by atoms with Crippen molar-refractivity contribution in [1.29, 1.82) is 0 Å². The van der Waals surface area contributed by atoms with E-state index in [1.165, 1.54) is 18.2 Å². The Kier molecular flexibility index (Phi) is 4.98. The lowest BCUT2D eigenvalue weighted by Gasteiger charge is -2.36. The number of rotatable bonds is 4. The number of hydrogen-bond donors (Lipinski definition) is 4. The van der Waals surface area contributed by atoms with Gasteiger partial charge in [0.2, 0.25) is 5.91 Å². The summed E-state index contributed by atoms with van der Waals surface area (Å²) < 4.78 is 41.9.